The Balaban J connectivity index is 3.14. The van der Waals surface area contributed by atoms with Crippen LogP contribution in [0.25, 0.3) is 0 Å². The fraction of sp³-hybridized carbons (Fsp3) is 0.188. The molecule has 0 heterocycles. The fourth-order valence-electron chi connectivity index (χ4n) is 1.50. The van der Waals surface area contributed by atoms with E-state index in [1.54, 1.807) is 19.3 Å². The van der Waals surface area contributed by atoms with E-state index in [-0.39, 0.29) is 5.91 Å². The third kappa shape index (κ3) is 4.02. The molecule has 4 nitrogen and oxygen atoms in total. The Labute approximate surface area is 119 Å². The van der Waals surface area contributed by atoms with Gasteiger partial charge in [0.2, 0.25) is 5.91 Å². The topological polar surface area (TPSA) is 50.4 Å². The van der Waals surface area contributed by atoms with Crippen LogP contribution in [0.5, 0.6) is 5.75 Å². The SMILES string of the molecule is C=CC(=O)Nc1cc(OC)ccc1N/C(C)=C(\C)C=C. The van der Waals surface area contributed by atoms with Gasteiger partial charge in [-0.1, -0.05) is 19.2 Å². The van der Waals surface area contributed by atoms with Crippen LogP contribution in [0.15, 0.2) is 54.8 Å². The molecule has 0 bridgehead atoms. The number of carbonyl (C=O) groups excluding carboxylic acids is 1. The van der Waals surface area contributed by atoms with Gasteiger partial charge in [-0.05, 0) is 37.6 Å². The maximum absolute atomic E-state index is 11.5. The van der Waals surface area contributed by atoms with Gasteiger partial charge in [-0.25, -0.2) is 0 Å². The summed E-state index contributed by atoms with van der Waals surface area (Å²) in [6, 6.07) is 5.42. The van der Waals surface area contributed by atoms with Gasteiger partial charge in [0.25, 0.3) is 0 Å². The van der Waals surface area contributed by atoms with Crippen molar-refractivity contribution in [2.24, 2.45) is 0 Å². The summed E-state index contributed by atoms with van der Waals surface area (Å²) in [7, 11) is 1.58. The first-order chi connectivity index (χ1) is 9.51. The van der Waals surface area contributed by atoms with Crippen molar-refractivity contribution in [3.63, 3.8) is 0 Å². The van der Waals surface area contributed by atoms with Gasteiger partial charge >= 0.3 is 0 Å². The van der Waals surface area contributed by atoms with Gasteiger partial charge in [0.15, 0.2) is 0 Å². The number of hydrogen-bond donors (Lipinski definition) is 2. The lowest BCUT2D eigenvalue weighted by molar-refractivity contribution is -0.111. The summed E-state index contributed by atoms with van der Waals surface area (Å²) in [5, 5.41) is 6.00. The Kier molecular flexibility index (Phi) is 5.59. The van der Waals surface area contributed by atoms with Gasteiger partial charge in [-0.2, -0.15) is 0 Å². The van der Waals surface area contributed by atoms with Crippen LogP contribution in [0.2, 0.25) is 0 Å². The predicted octanol–water partition coefficient (Wildman–Crippen LogP) is 3.71. The summed E-state index contributed by atoms with van der Waals surface area (Å²) in [5.41, 5.74) is 3.39. The van der Waals surface area contributed by atoms with E-state index in [4.69, 9.17) is 4.74 Å². The maximum Gasteiger partial charge on any atom is 0.247 e. The van der Waals surface area contributed by atoms with Crippen molar-refractivity contribution >= 4 is 17.3 Å². The Hall–Kier alpha value is -2.49. The van der Waals surface area contributed by atoms with E-state index < -0.39 is 0 Å². The normalized spacial score (nSPS) is 11.2. The lowest BCUT2D eigenvalue weighted by atomic mass is 10.2. The summed E-state index contributed by atoms with van der Waals surface area (Å²) < 4.78 is 5.17. The highest BCUT2D eigenvalue weighted by atomic mass is 16.5. The summed E-state index contributed by atoms with van der Waals surface area (Å²) in [4.78, 5) is 11.5. The number of benzene rings is 1. The number of hydrogen-bond acceptors (Lipinski definition) is 3. The van der Waals surface area contributed by atoms with Crippen molar-refractivity contribution in [3.8, 4) is 5.75 Å². The van der Waals surface area contributed by atoms with E-state index in [1.165, 1.54) is 6.08 Å². The minimum absolute atomic E-state index is 0.275. The van der Waals surface area contributed by atoms with Crippen molar-refractivity contribution in [2.75, 3.05) is 17.7 Å². The number of amides is 1. The lowest BCUT2D eigenvalue weighted by Crippen LogP contribution is -2.10. The van der Waals surface area contributed by atoms with Crippen molar-refractivity contribution in [3.05, 3.63) is 54.8 Å². The van der Waals surface area contributed by atoms with E-state index >= 15 is 0 Å². The molecule has 0 fully saturated rings. The van der Waals surface area contributed by atoms with Crippen molar-refractivity contribution in [1.82, 2.24) is 0 Å². The van der Waals surface area contributed by atoms with Gasteiger partial charge < -0.3 is 15.4 Å². The molecule has 0 saturated heterocycles. The second kappa shape index (κ2) is 7.19. The van der Waals surface area contributed by atoms with Crippen LogP contribution in [0, 0.1) is 0 Å². The van der Waals surface area contributed by atoms with E-state index in [9.17, 15) is 4.79 Å². The summed E-state index contributed by atoms with van der Waals surface area (Å²) in [6.07, 6.45) is 2.99. The maximum atomic E-state index is 11.5. The molecule has 0 unspecified atom stereocenters. The lowest BCUT2D eigenvalue weighted by Gasteiger charge is -2.15. The molecule has 1 aromatic rings. The second-order valence-corrected chi connectivity index (χ2v) is 4.24. The number of nitrogens with one attached hydrogen (secondary N) is 2. The summed E-state index contributed by atoms with van der Waals surface area (Å²) >= 11 is 0. The highest BCUT2D eigenvalue weighted by Gasteiger charge is 2.07. The van der Waals surface area contributed by atoms with E-state index in [1.807, 2.05) is 26.0 Å². The van der Waals surface area contributed by atoms with Crippen molar-refractivity contribution < 1.29 is 9.53 Å². The Morgan fingerprint density at radius 3 is 2.40 bits per heavy atom. The molecule has 20 heavy (non-hydrogen) atoms. The molecule has 0 aromatic heterocycles. The highest BCUT2D eigenvalue weighted by molar-refractivity contribution is 6.01. The number of allylic oxidation sites excluding steroid dienone is 3. The molecule has 0 spiro atoms. The smallest absolute Gasteiger partial charge is 0.247 e. The minimum Gasteiger partial charge on any atom is -0.497 e. The molecule has 4 heteroatoms. The molecule has 1 aromatic carbocycles. The molecule has 0 saturated carbocycles. The number of rotatable bonds is 6. The zero-order valence-corrected chi connectivity index (χ0v) is 12.1. The molecule has 0 aliphatic heterocycles. The van der Waals surface area contributed by atoms with E-state index in [2.05, 4.69) is 23.8 Å². The average Bonchev–Trinajstić information content (AvgIpc) is 2.47. The molecule has 0 aliphatic carbocycles. The molecular weight excluding hydrogens is 252 g/mol. The number of methoxy groups -OCH3 is 1. The van der Waals surface area contributed by atoms with Crippen LogP contribution >= 0.6 is 0 Å². The number of carbonyl (C=O) groups is 1. The first kappa shape index (κ1) is 15.6. The van der Waals surface area contributed by atoms with Gasteiger partial charge in [0.1, 0.15) is 5.75 Å². The van der Waals surface area contributed by atoms with Crippen molar-refractivity contribution in [1.29, 1.82) is 0 Å². The Morgan fingerprint density at radius 2 is 1.85 bits per heavy atom. The average molecular weight is 272 g/mol. The quantitative estimate of drug-likeness (QED) is 0.613. The largest absolute Gasteiger partial charge is 0.497 e. The van der Waals surface area contributed by atoms with Crippen LogP contribution in [-0.4, -0.2) is 13.0 Å². The summed E-state index contributed by atoms with van der Waals surface area (Å²) in [6.45, 7) is 11.1. The minimum atomic E-state index is -0.275. The van der Waals surface area contributed by atoms with Crippen LogP contribution in [0.3, 0.4) is 0 Å². The molecule has 0 atom stereocenters. The molecule has 106 valence electrons. The van der Waals surface area contributed by atoms with Gasteiger partial charge in [-0.15, -0.1) is 0 Å². The van der Waals surface area contributed by atoms with Gasteiger partial charge in [-0.3, -0.25) is 4.79 Å². The van der Waals surface area contributed by atoms with Gasteiger partial charge in [0.05, 0.1) is 18.5 Å². The van der Waals surface area contributed by atoms with Crippen LogP contribution in [-0.2, 0) is 4.79 Å². The van der Waals surface area contributed by atoms with Gasteiger partial charge in [0, 0.05) is 11.8 Å². The monoisotopic (exact) mass is 272 g/mol. The third-order valence-electron chi connectivity index (χ3n) is 2.89. The van der Waals surface area contributed by atoms with Crippen molar-refractivity contribution in [2.45, 2.75) is 13.8 Å². The highest BCUT2D eigenvalue weighted by Crippen LogP contribution is 2.28. The first-order valence-electron chi connectivity index (χ1n) is 6.20. The first-order valence-corrected chi connectivity index (χ1v) is 6.20. The Morgan fingerprint density at radius 1 is 1.15 bits per heavy atom. The molecule has 0 radical (unpaired) electrons. The number of anilines is 2. The fourth-order valence-corrected chi connectivity index (χ4v) is 1.50. The zero-order chi connectivity index (χ0) is 15.1. The second-order valence-electron chi connectivity index (χ2n) is 4.24. The Bertz CT molecular complexity index is 560. The van der Waals surface area contributed by atoms with E-state index in [0.717, 1.165) is 17.0 Å². The molecule has 0 aliphatic rings. The standard InChI is InChI=1S/C16H20N2O2/c1-6-11(3)12(4)17-14-9-8-13(20-5)10-15(14)18-16(19)7-2/h6-10,17H,1-2H2,3-5H3,(H,18,19)/b12-11+. The number of ether oxygens (including phenoxy) is 1. The van der Waals surface area contributed by atoms with Crippen LogP contribution < -0.4 is 15.4 Å². The van der Waals surface area contributed by atoms with Crippen LogP contribution in [0.4, 0.5) is 11.4 Å². The third-order valence-corrected chi connectivity index (χ3v) is 2.89. The molecule has 2 N–H and O–H groups in total. The van der Waals surface area contributed by atoms with E-state index in [0.29, 0.717) is 11.4 Å². The van der Waals surface area contributed by atoms with Crippen LogP contribution in [0.1, 0.15) is 13.8 Å². The predicted molar refractivity (Wildman–Crippen MR) is 84.0 cm³/mol. The molecule has 1 amide bonds. The zero-order valence-electron chi connectivity index (χ0n) is 12.1. The summed E-state index contributed by atoms with van der Waals surface area (Å²) in [5.74, 6) is 0.389. The molecular formula is C16H20N2O2. The molecule has 1 rings (SSSR count).